The Labute approximate surface area is 208 Å². The molecule has 35 heavy (non-hydrogen) atoms. The molecule has 2 aromatic heterocycles. The number of hydrogen-bond donors (Lipinski definition) is 0. The highest BCUT2D eigenvalue weighted by atomic mass is 32.1. The van der Waals surface area contributed by atoms with Crippen molar-refractivity contribution in [2.45, 2.75) is 13.1 Å². The first-order valence-corrected chi connectivity index (χ1v) is 12.7. The Morgan fingerprint density at radius 1 is 0.914 bits per heavy atom. The van der Waals surface area contributed by atoms with Gasteiger partial charge in [-0.1, -0.05) is 18.2 Å². The molecule has 0 atom stereocenters. The molecule has 0 spiro atoms. The summed E-state index contributed by atoms with van der Waals surface area (Å²) in [4.78, 5) is 19.1. The quantitative estimate of drug-likeness (QED) is 0.401. The van der Waals surface area contributed by atoms with E-state index >= 15 is 0 Å². The Kier molecular flexibility index (Phi) is 5.83. The van der Waals surface area contributed by atoms with Gasteiger partial charge in [0, 0.05) is 44.7 Å². The van der Waals surface area contributed by atoms with Gasteiger partial charge in [-0.25, -0.2) is 0 Å². The standard InChI is InChI=1S/C27H27N3O4S/c1-32-22-5-2-19(3-6-22)17-30-23(15-21-8-13-35-27(21)30)26(31)29-11-9-28(10-12-29)16-20-4-7-24-25(14-20)34-18-33-24/h2-8,13-15H,9-12,16-18H2,1H3. The van der Waals surface area contributed by atoms with Gasteiger partial charge in [0.25, 0.3) is 5.91 Å². The smallest absolute Gasteiger partial charge is 0.270 e. The molecular weight excluding hydrogens is 462 g/mol. The molecule has 180 valence electrons. The number of rotatable bonds is 6. The maximum Gasteiger partial charge on any atom is 0.270 e. The van der Waals surface area contributed by atoms with E-state index < -0.39 is 0 Å². The van der Waals surface area contributed by atoms with Crippen LogP contribution in [0.25, 0.3) is 10.2 Å². The van der Waals surface area contributed by atoms with Crippen molar-refractivity contribution in [1.29, 1.82) is 0 Å². The first-order chi connectivity index (χ1) is 17.2. The summed E-state index contributed by atoms with van der Waals surface area (Å²) < 4.78 is 18.4. The average molecular weight is 490 g/mol. The topological polar surface area (TPSA) is 56.2 Å². The zero-order valence-electron chi connectivity index (χ0n) is 19.6. The molecule has 0 N–H and O–H groups in total. The molecule has 4 aromatic rings. The molecule has 0 unspecified atom stereocenters. The van der Waals surface area contributed by atoms with Gasteiger partial charge in [0.2, 0.25) is 6.79 Å². The van der Waals surface area contributed by atoms with Gasteiger partial charge in [0.05, 0.1) is 7.11 Å². The van der Waals surface area contributed by atoms with Crippen LogP contribution in [0.3, 0.4) is 0 Å². The summed E-state index contributed by atoms with van der Waals surface area (Å²) in [6.45, 7) is 4.88. The minimum Gasteiger partial charge on any atom is -0.497 e. The third-order valence-corrected chi connectivity index (χ3v) is 7.68. The SMILES string of the molecule is COc1ccc(Cn2c(C(=O)N3CCN(Cc4ccc5c(c4)OCO5)CC3)cc3ccsc32)cc1. The second-order valence-electron chi connectivity index (χ2n) is 8.90. The van der Waals surface area contributed by atoms with Gasteiger partial charge in [-0.3, -0.25) is 9.69 Å². The Morgan fingerprint density at radius 2 is 1.69 bits per heavy atom. The van der Waals surface area contributed by atoms with Crippen LogP contribution in [0.4, 0.5) is 0 Å². The lowest BCUT2D eigenvalue weighted by molar-refractivity contribution is 0.0619. The van der Waals surface area contributed by atoms with Crippen LogP contribution in [0.1, 0.15) is 21.6 Å². The summed E-state index contributed by atoms with van der Waals surface area (Å²) in [7, 11) is 1.67. The van der Waals surface area contributed by atoms with Crippen molar-refractivity contribution in [2.75, 3.05) is 40.1 Å². The van der Waals surface area contributed by atoms with Crippen molar-refractivity contribution < 1.29 is 19.0 Å². The summed E-state index contributed by atoms with van der Waals surface area (Å²) in [6.07, 6.45) is 0. The average Bonchev–Trinajstić information content (AvgIpc) is 3.62. The van der Waals surface area contributed by atoms with Crippen LogP contribution >= 0.6 is 11.3 Å². The normalized spacial score (nSPS) is 15.6. The Bertz CT molecular complexity index is 1350. The van der Waals surface area contributed by atoms with E-state index in [4.69, 9.17) is 14.2 Å². The van der Waals surface area contributed by atoms with Gasteiger partial charge in [-0.2, -0.15) is 0 Å². The van der Waals surface area contributed by atoms with Crippen LogP contribution in [-0.4, -0.2) is 60.4 Å². The van der Waals surface area contributed by atoms with Crippen molar-refractivity contribution in [3.63, 3.8) is 0 Å². The van der Waals surface area contributed by atoms with Crippen LogP contribution in [0, 0.1) is 0 Å². The van der Waals surface area contributed by atoms with E-state index in [0.29, 0.717) is 19.6 Å². The van der Waals surface area contributed by atoms with Crippen molar-refractivity contribution in [2.24, 2.45) is 0 Å². The number of hydrogen-bond acceptors (Lipinski definition) is 6. The van der Waals surface area contributed by atoms with Gasteiger partial charge in [0.1, 0.15) is 16.3 Å². The van der Waals surface area contributed by atoms with Gasteiger partial charge in [-0.15, -0.1) is 11.3 Å². The molecule has 1 fully saturated rings. The summed E-state index contributed by atoms with van der Waals surface area (Å²) in [5.74, 6) is 2.55. The number of amides is 1. The van der Waals surface area contributed by atoms with Gasteiger partial charge >= 0.3 is 0 Å². The number of ether oxygens (including phenoxy) is 3. The number of benzene rings is 2. The van der Waals surface area contributed by atoms with Gasteiger partial charge < -0.3 is 23.7 Å². The van der Waals surface area contributed by atoms with Crippen molar-refractivity contribution >= 4 is 27.5 Å². The predicted octanol–water partition coefficient (Wildman–Crippen LogP) is 4.45. The van der Waals surface area contributed by atoms with Crippen molar-refractivity contribution in [1.82, 2.24) is 14.4 Å². The first-order valence-electron chi connectivity index (χ1n) is 11.8. The van der Waals surface area contributed by atoms with E-state index in [0.717, 1.165) is 58.4 Å². The number of nitrogens with zero attached hydrogens (tertiary/aromatic N) is 3. The minimum absolute atomic E-state index is 0.102. The molecule has 0 radical (unpaired) electrons. The summed E-state index contributed by atoms with van der Waals surface area (Å²) in [5, 5.41) is 3.20. The lowest BCUT2D eigenvalue weighted by Crippen LogP contribution is -2.48. The number of thiophene rings is 1. The second-order valence-corrected chi connectivity index (χ2v) is 9.80. The van der Waals surface area contributed by atoms with Crippen LogP contribution in [0.2, 0.25) is 0 Å². The lowest BCUT2D eigenvalue weighted by Gasteiger charge is -2.35. The third kappa shape index (κ3) is 4.35. The van der Waals surface area contributed by atoms with E-state index in [1.807, 2.05) is 29.2 Å². The van der Waals surface area contributed by atoms with Gasteiger partial charge in [-0.05, 0) is 52.9 Å². The fourth-order valence-corrected chi connectivity index (χ4v) is 5.69. The maximum absolute atomic E-state index is 13.6. The largest absolute Gasteiger partial charge is 0.497 e. The van der Waals surface area contributed by atoms with Crippen LogP contribution in [0.5, 0.6) is 17.2 Å². The van der Waals surface area contributed by atoms with Crippen LogP contribution in [0.15, 0.2) is 60.0 Å². The Hall–Kier alpha value is -3.49. The highest BCUT2D eigenvalue weighted by Gasteiger charge is 2.26. The molecule has 2 aliphatic heterocycles. The monoisotopic (exact) mass is 489 g/mol. The number of piperazine rings is 1. The third-order valence-electron chi connectivity index (χ3n) is 6.72. The molecular formula is C27H27N3O4S. The highest BCUT2D eigenvalue weighted by molar-refractivity contribution is 7.16. The number of aromatic nitrogens is 1. The van der Waals surface area contributed by atoms with E-state index in [-0.39, 0.29) is 12.7 Å². The maximum atomic E-state index is 13.6. The van der Waals surface area contributed by atoms with Crippen molar-refractivity contribution in [3.8, 4) is 17.2 Å². The molecule has 2 aromatic carbocycles. The molecule has 4 heterocycles. The first kappa shape index (κ1) is 22.0. The van der Waals surface area contributed by atoms with E-state index in [1.165, 1.54) is 5.56 Å². The zero-order valence-corrected chi connectivity index (χ0v) is 20.4. The Balaban J connectivity index is 1.15. The van der Waals surface area contributed by atoms with E-state index in [9.17, 15) is 4.79 Å². The van der Waals surface area contributed by atoms with Crippen molar-refractivity contribution in [3.05, 3.63) is 76.8 Å². The molecule has 7 nitrogen and oxygen atoms in total. The number of carbonyl (C=O) groups is 1. The fraction of sp³-hybridized carbons (Fsp3) is 0.296. The summed E-state index contributed by atoms with van der Waals surface area (Å²) >= 11 is 1.68. The van der Waals surface area contributed by atoms with Crippen LogP contribution in [-0.2, 0) is 13.1 Å². The molecule has 0 bridgehead atoms. The molecule has 0 saturated carbocycles. The number of methoxy groups -OCH3 is 1. The molecule has 0 aliphatic carbocycles. The fourth-order valence-electron chi connectivity index (χ4n) is 4.79. The van der Waals surface area contributed by atoms with Crippen LogP contribution < -0.4 is 14.2 Å². The van der Waals surface area contributed by atoms with Gasteiger partial charge in [0.15, 0.2) is 11.5 Å². The molecule has 1 saturated heterocycles. The number of fused-ring (bicyclic) bond motifs is 2. The van der Waals surface area contributed by atoms with E-state index in [2.05, 4.69) is 45.2 Å². The molecule has 1 amide bonds. The second kappa shape index (κ2) is 9.28. The zero-order chi connectivity index (χ0) is 23.8. The number of carbonyl (C=O) groups excluding carboxylic acids is 1. The summed E-state index contributed by atoms with van der Waals surface area (Å²) in [5.41, 5.74) is 3.09. The minimum atomic E-state index is 0.102. The summed E-state index contributed by atoms with van der Waals surface area (Å²) in [6, 6.07) is 18.3. The van der Waals surface area contributed by atoms with E-state index in [1.54, 1.807) is 18.4 Å². The lowest BCUT2D eigenvalue weighted by atomic mass is 10.1. The highest BCUT2D eigenvalue weighted by Crippen LogP contribution is 2.33. The molecule has 8 heteroatoms. The predicted molar refractivity (Wildman–Crippen MR) is 136 cm³/mol. The molecule has 2 aliphatic rings. The molecule has 6 rings (SSSR count). The Morgan fingerprint density at radius 3 is 2.49 bits per heavy atom.